The summed E-state index contributed by atoms with van der Waals surface area (Å²) in [5.41, 5.74) is -1.56. The summed E-state index contributed by atoms with van der Waals surface area (Å²) >= 11 is 0. The molecule has 0 aromatic carbocycles. The van der Waals surface area contributed by atoms with Crippen molar-refractivity contribution in [1.29, 1.82) is 0 Å². The van der Waals surface area contributed by atoms with Crippen LogP contribution in [-0.4, -0.2) is 41.7 Å². The van der Waals surface area contributed by atoms with Crippen LogP contribution < -0.4 is 5.56 Å². The molecule has 0 aliphatic carbocycles. The van der Waals surface area contributed by atoms with Crippen LogP contribution in [0.5, 0.6) is 0 Å². The number of halogens is 3. The van der Waals surface area contributed by atoms with Gasteiger partial charge < -0.3 is 14.2 Å². The van der Waals surface area contributed by atoms with Crippen molar-refractivity contribution in [2.75, 3.05) is 26.2 Å². The molecule has 1 aromatic rings. The Morgan fingerprint density at radius 2 is 1.90 bits per heavy atom. The number of pyridine rings is 1. The first-order valence-corrected chi connectivity index (χ1v) is 10.1. The van der Waals surface area contributed by atoms with Gasteiger partial charge in [0.1, 0.15) is 6.04 Å². The van der Waals surface area contributed by atoms with Crippen LogP contribution in [0.2, 0.25) is 0 Å². The molecule has 8 heteroatoms. The second kappa shape index (κ2) is 8.90. The summed E-state index contributed by atoms with van der Waals surface area (Å²) < 4.78 is 46.8. The molecule has 1 aliphatic rings. The molecule has 1 unspecified atom stereocenters. The summed E-state index contributed by atoms with van der Waals surface area (Å²) in [7, 11) is 0. The third-order valence-electron chi connectivity index (χ3n) is 5.06. The normalized spacial score (nSPS) is 17.8. The summed E-state index contributed by atoms with van der Waals surface area (Å²) in [6.45, 7) is 11.9. The molecule has 2 heterocycles. The van der Waals surface area contributed by atoms with Crippen molar-refractivity contribution in [3.63, 3.8) is 0 Å². The second-order valence-electron chi connectivity index (χ2n) is 8.98. The molecule has 0 amide bonds. The quantitative estimate of drug-likeness (QED) is 0.603. The van der Waals surface area contributed by atoms with Crippen LogP contribution in [0.3, 0.4) is 0 Å². The van der Waals surface area contributed by atoms with Gasteiger partial charge in [0.2, 0.25) is 0 Å². The summed E-state index contributed by atoms with van der Waals surface area (Å²) in [4.78, 5) is 27.0. The third kappa shape index (κ3) is 6.07. The zero-order valence-electron chi connectivity index (χ0n) is 17.8. The average molecular weight is 416 g/mol. The number of carbonyl (C=O) groups excluding carboxylic acids is 1. The summed E-state index contributed by atoms with van der Waals surface area (Å²) in [6.07, 6.45) is -2.95. The molecule has 0 radical (unpaired) electrons. The van der Waals surface area contributed by atoms with Crippen LogP contribution in [0.1, 0.15) is 58.2 Å². The maximum Gasteiger partial charge on any atom is 0.416 e. The Kier molecular flexibility index (Phi) is 7.19. The number of alkyl halides is 3. The number of carbonyl (C=O) groups is 1. The first kappa shape index (κ1) is 23.4. The SMILES string of the molecule is CCOC(=O)C(CC(C)C)n1cc(CCN2CC(C)(C)C2)c(C(F)(F)F)cc1=O. The Morgan fingerprint density at radius 3 is 2.38 bits per heavy atom. The highest BCUT2D eigenvalue weighted by Crippen LogP contribution is 2.33. The molecule has 29 heavy (non-hydrogen) atoms. The van der Waals surface area contributed by atoms with Crippen LogP contribution in [0.4, 0.5) is 13.2 Å². The van der Waals surface area contributed by atoms with Gasteiger partial charge in [0.25, 0.3) is 5.56 Å². The number of hydrogen-bond donors (Lipinski definition) is 0. The van der Waals surface area contributed by atoms with Crippen molar-refractivity contribution in [3.05, 3.63) is 33.7 Å². The number of hydrogen-bond acceptors (Lipinski definition) is 4. The van der Waals surface area contributed by atoms with Crippen LogP contribution in [0.25, 0.3) is 0 Å². The highest BCUT2D eigenvalue weighted by molar-refractivity contribution is 5.74. The third-order valence-corrected chi connectivity index (χ3v) is 5.06. The smallest absolute Gasteiger partial charge is 0.416 e. The van der Waals surface area contributed by atoms with E-state index < -0.39 is 29.3 Å². The molecule has 1 aliphatic heterocycles. The van der Waals surface area contributed by atoms with Gasteiger partial charge in [-0.2, -0.15) is 13.2 Å². The summed E-state index contributed by atoms with van der Waals surface area (Å²) in [5.74, 6) is -0.538. The van der Waals surface area contributed by atoms with Gasteiger partial charge in [0, 0.05) is 31.9 Å². The number of aromatic nitrogens is 1. The molecule has 1 fully saturated rings. The van der Waals surface area contributed by atoms with E-state index in [4.69, 9.17) is 4.74 Å². The van der Waals surface area contributed by atoms with Crippen LogP contribution in [0, 0.1) is 11.3 Å². The lowest BCUT2D eigenvalue weighted by Crippen LogP contribution is -2.53. The van der Waals surface area contributed by atoms with Crippen molar-refractivity contribution in [2.45, 2.75) is 59.7 Å². The molecular weight excluding hydrogens is 385 g/mol. The molecule has 164 valence electrons. The van der Waals surface area contributed by atoms with Crippen molar-refractivity contribution < 1.29 is 22.7 Å². The number of rotatable bonds is 8. The predicted molar refractivity (Wildman–Crippen MR) is 105 cm³/mol. The van der Waals surface area contributed by atoms with Crippen molar-refractivity contribution >= 4 is 5.97 Å². The highest BCUT2D eigenvalue weighted by Gasteiger charge is 2.37. The first-order chi connectivity index (χ1) is 13.3. The topological polar surface area (TPSA) is 51.5 Å². The Bertz CT molecular complexity index is 776. The van der Waals surface area contributed by atoms with Crippen molar-refractivity contribution in [1.82, 2.24) is 9.47 Å². The zero-order chi connectivity index (χ0) is 22.0. The van der Waals surface area contributed by atoms with Gasteiger partial charge in [-0.15, -0.1) is 0 Å². The molecule has 1 atom stereocenters. The maximum absolute atomic E-state index is 13.5. The summed E-state index contributed by atoms with van der Waals surface area (Å²) in [5, 5.41) is 0. The average Bonchev–Trinajstić information content (AvgIpc) is 2.55. The molecule has 0 spiro atoms. The van der Waals surface area contributed by atoms with Gasteiger partial charge in [0.05, 0.1) is 12.2 Å². The molecule has 2 rings (SSSR count). The Morgan fingerprint density at radius 1 is 1.28 bits per heavy atom. The Balaban J connectivity index is 2.39. The summed E-state index contributed by atoms with van der Waals surface area (Å²) in [6, 6.07) is -0.325. The highest BCUT2D eigenvalue weighted by atomic mass is 19.4. The minimum atomic E-state index is -4.63. The van der Waals surface area contributed by atoms with Gasteiger partial charge in [-0.05, 0) is 36.7 Å². The Hall–Kier alpha value is -1.83. The van der Waals surface area contributed by atoms with Crippen molar-refractivity contribution in [2.24, 2.45) is 11.3 Å². The van der Waals surface area contributed by atoms with Gasteiger partial charge in [-0.25, -0.2) is 4.79 Å². The monoisotopic (exact) mass is 416 g/mol. The van der Waals surface area contributed by atoms with E-state index in [0.29, 0.717) is 19.0 Å². The second-order valence-corrected chi connectivity index (χ2v) is 8.98. The van der Waals surface area contributed by atoms with E-state index in [9.17, 15) is 22.8 Å². The fourth-order valence-corrected chi connectivity index (χ4v) is 3.91. The van der Waals surface area contributed by atoms with E-state index in [-0.39, 0.29) is 29.9 Å². The van der Waals surface area contributed by atoms with E-state index in [1.165, 1.54) is 6.20 Å². The van der Waals surface area contributed by atoms with E-state index in [1.807, 2.05) is 13.8 Å². The predicted octanol–water partition coefficient (Wildman–Crippen LogP) is 3.90. The molecule has 1 aromatic heterocycles. The van der Waals surface area contributed by atoms with Crippen LogP contribution in [0.15, 0.2) is 17.1 Å². The standard InChI is InChI=1S/C21H31F3N2O3/c1-6-29-19(28)17(9-14(2)3)26-11-15(7-8-25-12-20(4,5)13-25)16(10-18(26)27)21(22,23)24/h10-11,14,17H,6-9,12-13H2,1-5H3. The molecular formula is C21H31F3N2O3. The van der Waals surface area contributed by atoms with Crippen LogP contribution in [-0.2, 0) is 22.1 Å². The van der Waals surface area contributed by atoms with E-state index in [1.54, 1.807) is 6.92 Å². The fraction of sp³-hybridized carbons (Fsp3) is 0.714. The number of esters is 1. The first-order valence-electron chi connectivity index (χ1n) is 10.1. The number of likely N-dealkylation sites (tertiary alicyclic amines) is 1. The molecule has 0 N–H and O–H groups in total. The molecule has 0 bridgehead atoms. The lowest BCUT2D eigenvalue weighted by Gasteiger charge is -2.46. The van der Waals surface area contributed by atoms with E-state index in [0.717, 1.165) is 17.7 Å². The zero-order valence-corrected chi connectivity index (χ0v) is 17.8. The Labute approximate surface area is 169 Å². The van der Waals surface area contributed by atoms with Gasteiger partial charge in [-0.1, -0.05) is 27.7 Å². The van der Waals surface area contributed by atoms with Gasteiger partial charge in [-0.3, -0.25) is 4.79 Å². The lowest BCUT2D eigenvalue weighted by molar-refractivity contribution is -0.147. The molecule has 5 nitrogen and oxygen atoms in total. The van der Waals surface area contributed by atoms with Gasteiger partial charge >= 0.3 is 12.1 Å². The van der Waals surface area contributed by atoms with E-state index >= 15 is 0 Å². The lowest BCUT2D eigenvalue weighted by atomic mass is 9.84. The minimum absolute atomic E-state index is 0.0276. The van der Waals surface area contributed by atoms with Crippen molar-refractivity contribution in [3.8, 4) is 0 Å². The largest absolute Gasteiger partial charge is 0.464 e. The maximum atomic E-state index is 13.5. The molecule has 0 saturated carbocycles. The minimum Gasteiger partial charge on any atom is -0.464 e. The van der Waals surface area contributed by atoms with Crippen LogP contribution >= 0.6 is 0 Å². The fourth-order valence-electron chi connectivity index (χ4n) is 3.91. The number of nitrogens with zero attached hydrogens (tertiary/aromatic N) is 2. The number of ether oxygens (including phenoxy) is 1. The van der Waals surface area contributed by atoms with E-state index in [2.05, 4.69) is 18.7 Å². The van der Waals surface area contributed by atoms with Gasteiger partial charge in [0.15, 0.2) is 0 Å². The molecule has 1 saturated heterocycles.